The molecule has 1 saturated heterocycles. The molecule has 2 atom stereocenters. The molecule has 10 heteroatoms. The molecule has 2 heterocycles. The topological polar surface area (TPSA) is 124 Å². The molecule has 3 rings (SSSR count). The van der Waals surface area contributed by atoms with Crippen molar-refractivity contribution < 1.29 is 38.4 Å². The highest BCUT2D eigenvalue weighted by Crippen LogP contribution is 2.32. The second-order valence-corrected chi connectivity index (χ2v) is 8.34. The summed E-state index contributed by atoms with van der Waals surface area (Å²) in [6, 6.07) is 5.44. The van der Waals surface area contributed by atoms with Crippen LogP contribution in [0.25, 0.3) is 10.9 Å². The fourth-order valence-corrected chi connectivity index (χ4v) is 3.43. The first-order valence-corrected chi connectivity index (χ1v) is 9.98. The van der Waals surface area contributed by atoms with Gasteiger partial charge in [-0.1, -0.05) is 0 Å². The number of methoxy groups -OCH3 is 2. The van der Waals surface area contributed by atoms with Crippen LogP contribution in [0.4, 0.5) is 4.79 Å². The number of nitrogens with zero attached hydrogens (tertiary/aromatic N) is 2. The van der Waals surface area contributed by atoms with E-state index in [1.807, 2.05) is 0 Å². The van der Waals surface area contributed by atoms with E-state index in [1.165, 1.54) is 20.3 Å². The quantitative estimate of drug-likeness (QED) is 0.690. The third kappa shape index (κ3) is 5.01. The summed E-state index contributed by atoms with van der Waals surface area (Å²) in [7, 11) is 2.76. The van der Waals surface area contributed by atoms with Crippen molar-refractivity contribution in [2.45, 2.75) is 44.9 Å². The lowest BCUT2D eigenvalue weighted by Crippen LogP contribution is -2.43. The third-order valence-electron chi connectivity index (χ3n) is 4.84. The van der Waals surface area contributed by atoms with Gasteiger partial charge in [-0.25, -0.2) is 19.4 Å². The number of likely N-dealkylation sites (tertiary alicyclic amines) is 1. The minimum absolute atomic E-state index is 0.0133. The number of pyridine rings is 1. The highest BCUT2D eigenvalue weighted by Gasteiger charge is 2.43. The van der Waals surface area contributed by atoms with E-state index in [0.29, 0.717) is 22.4 Å². The summed E-state index contributed by atoms with van der Waals surface area (Å²) in [6.45, 7) is 5.13. The first kappa shape index (κ1) is 23.1. The van der Waals surface area contributed by atoms with Gasteiger partial charge in [-0.2, -0.15) is 0 Å². The van der Waals surface area contributed by atoms with Crippen LogP contribution in [0, 0.1) is 0 Å². The van der Waals surface area contributed by atoms with Gasteiger partial charge in [0.15, 0.2) is 5.69 Å². The van der Waals surface area contributed by atoms with Gasteiger partial charge >= 0.3 is 18.0 Å². The van der Waals surface area contributed by atoms with Crippen molar-refractivity contribution >= 4 is 28.9 Å². The number of rotatable bonds is 5. The van der Waals surface area contributed by atoms with Crippen LogP contribution in [0.5, 0.6) is 11.5 Å². The second kappa shape index (κ2) is 8.89. The number of benzene rings is 1. The minimum atomic E-state index is -1.15. The number of esters is 1. The predicted molar refractivity (Wildman–Crippen MR) is 113 cm³/mol. The van der Waals surface area contributed by atoms with Gasteiger partial charge in [0, 0.05) is 23.9 Å². The number of ether oxygens (including phenoxy) is 4. The number of hydrogen-bond donors (Lipinski definition) is 1. The van der Waals surface area contributed by atoms with Crippen LogP contribution in [0.2, 0.25) is 0 Å². The molecular weight excluding hydrogens is 420 g/mol. The largest absolute Gasteiger partial charge is 0.497 e. The van der Waals surface area contributed by atoms with E-state index >= 15 is 0 Å². The Hall–Kier alpha value is -3.56. The molecule has 1 amide bonds. The van der Waals surface area contributed by atoms with E-state index < -0.39 is 35.8 Å². The van der Waals surface area contributed by atoms with E-state index in [2.05, 4.69) is 4.98 Å². The van der Waals surface area contributed by atoms with Gasteiger partial charge in [-0.15, -0.1) is 0 Å². The van der Waals surface area contributed by atoms with Crippen LogP contribution in [-0.2, 0) is 14.3 Å². The molecule has 172 valence electrons. The maximum atomic E-state index is 12.5. The Kier molecular flexibility index (Phi) is 6.42. The van der Waals surface area contributed by atoms with Gasteiger partial charge < -0.3 is 24.1 Å². The van der Waals surface area contributed by atoms with Crippen LogP contribution in [-0.4, -0.2) is 71.5 Å². The lowest BCUT2D eigenvalue weighted by atomic mass is 10.1. The Morgan fingerprint density at radius 2 is 1.88 bits per heavy atom. The third-order valence-corrected chi connectivity index (χ3v) is 4.84. The first-order chi connectivity index (χ1) is 15.0. The summed E-state index contributed by atoms with van der Waals surface area (Å²) in [5.41, 5.74) is -0.298. The molecule has 1 aromatic carbocycles. The average Bonchev–Trinajstić information content (AvgIpc) is 3.15. The van der Waals surface area contributed by atoms with Crippen molar-refractivity contribution in [1.29, 1.82) is 0 Å². The number of hydrogen-bond acceptors (Lipinski definition) is 8. The monoisotopic (exact) mass is 446 g/mol. The van der Waals surface area contributed by atoms with Crippen molar-refractivity contribution in [2.24, 2.45) is 0 Å². The predicted octanol–water partition coefficient (Wildman–Crippen LogP) is 2.87. The number of carbonyl (C=O) groups is 3. The van der Waals surface area contributed by atoms with Gasteiger partial charge in [0.05, 0.1) is 26.3 Å². The Morgan fingerprint density at radius 1 is 1.16 bits per heavy atom. The van der Waals surface area contributed by atoms with Crippen LogP contribution in [0.1, 0.15) is 37.7 Å². The molecule has 32 heavy (non-hydrogen) atoms. The highest BCUT2D eigenvalue weighted by molar-refractivity contribution is 5.94. The summed E-state index contributed by atoms with van der Waals surface area (Å²) >= 11 is 0. The van der Waals surface area contributed by atoms with E-state index in [1.54, 1.807) is 39.0 Å². The number of amides is 1. The van der Waals surface area contributed by atoms with Gasteiger partial charge in [-0.05, 0) is 32.9 Å². The molecular formula is C22H26N2O8. The molecule has 10 nitrogen and oxygen atoms in total. The first-order valence-electron chi connectivity index (χ1n) is 9.98. The Labute approximate surface area is 185 Å². The van der Waals surface area contributed by atoms with Crippen LogP contribution in [0.3, 0.4) is 0 Å². The van der Waals surface area contributed by atoms with E-state index in [4.69, 9.17) is 18.9 Å². The van der Waals surface area contributed by atoms with E-state index in [-0.39, 0.29) is 18.7 Å². The lowest BCUT2D eigenvalue weighted by Gasteiger charge is -2.26. The number of carboxylic acids is 1. The number of aliphatic carboxylic acids is 1. The Bertz CT molecular complexity index is 1050. The standard InChI is InChI=1S/C22H26N2O8/c1-22(2,3)32-21(28)24-11-13(9-17(24)19(25)26)31-18-10-16(20(27)30-5)23-15-8-12(29-4)6-7-14(15)18/h6-8,10,13,17H,9,11H2,1-5H3,(H,25,26). The van der Waals surface area contributed by atoms with Crippen molar-refractivity contribution in [3.63, 3.8) is 0 Å². The van der Waals surface area contributed by atoms with Crippen molar-refractivity contribution in [3.8, 4) is 11.5 Å². The van der Waals surface area contributed by atoms with Crippen LogP contribution < -0.4 is 9.47 Å². The van der Waals surface area contributed by atoms with Crippen LogP contribution in [0.15, 0.2) is 24.3 Å². The lowest BCUT2D eigenvalue weighted by molar-refractivity contribution is -0.142. The molecule has 1 aliphatic rings. The average molecular weight is 446 g/mol. The SMILES string of the molecule is COC(=O)c1cc(OC2CC(C(=O)O)N(C(=O)OC(C)(C)C)C2)c2ccc(OC)cc2n1. The molecule has 1 N–H and O–H groups in total. The molecule has 0 aliphatic carbocycles. The minimum Gasteiger partial charge on any atom is -0.497 e. The maximum absolute atomic E-state index is 12.5. The molecule has 0 saturated carbocycles. The molecule has 2 unspecified atom stereocenters. The summed E-state index contributed by atoms with van der Waals surface area (Å²) in [4.78, 5) is 41.8. The molecule has 1 aliphatic heterocycles. The molecule has 0 radical (unpaired) electrons. The Balaban J connectivity index is 1.93. The van der Waals surface area contributed by atoms with Crippen LogP contribution >= 0.6 is 0 Å². The molecule has 1 fully saturated rings. The molecule has 0 bridgehead atoms. The fraction of sp³-hybridized carbons (Fsp3) is 0.455. The Morgan fingerprint density at radius 3 is 2.47 bits per heavy atom. The summed E-state index contributed by atoms with van der Waals surface area (Å²) in [5, 5.41) is 10.2. The normalized spacial score (nSPS) is 18.3. The number of fused-ring (bicyclic) bond motifs is 1. The van der Waals surface area contributed by atoms with Gasteiger partial charge in [0.2, 0.25) is 0 Å². The summed E-state index contributed by atoms with van der Waals surface area (Å²) in [6.07, 6.45) is -1.31. The summed E-state index contributed by atoms with van der Waals surface area (Å²) < 4.78 is 21.4. The highest BCUT2D eigenvalue weighted by atomic mass is 16.6. The fourth-order valence-electron chi connectivity index (χ4n) is 3.43. The number of carboxylic acid groups (broad SMARTS) is 1. The van der Waals surface area contributed by atoms with E-state index in [0.717, 1.165) is 4.90 Å². The zero-order valence-electron chi connectivity index (χ0n) is 18.6. The molecule has 2 aromatic rings. The number of aromatic nitrogens is 1. The van der Waals surface area contributed by atoms with Gasteiger partial charge in [0.25, 0.3) is 0 Å². The summed E-state index contributed by atoms with van der Waals surface area (Å²) in [5.74, 6) is -0.939. The maximum Gasteiger partial charge on any atom is 0.411 e. The zero-order chi connectivity index (χ0) is 23.6. The second-order valence-electron chi connectivity index (χ2n) is 8.34. The molecule has 1 aromatic heterocycles. The van der Waals surface area contributed by atoms with E-state index in [9.17, 15) is 19.5 Å². The van der Waals surface area contributed by atoms with Gasteiger partial charge in [-0.3, -0.25) is 4.90 Å². The van der Waals surface area contributed by atoms with Crippen molar-refractivity contribution in [2.75, 3.05) is 20.8 Å². The smallest absolute Gasteiger partial charge is 0.411 e. The number of carbonyl (C=O) groups excluding carboxylic acids is 2. The van der Waals surface area contributed by atoms with Crippen molar-refractivity contribution in [1.82, 2.24) is 9.88 Å². The molecule has 0 spiro atoms. The zero-order valence-corrected chi connectivity index (χ0v) is 18.6. The van der Waals surface area contributed by atoms with Gasteiger partial charge in [0.1, 0.15) is 29.2 Å². The van der Waals surface area contributed by atoms with Crippen molar-refractivity contribution in [3.05, 3.63) is 30.0 Å².